The van der Waals surface area contributed by atoms with Crippen LogP contribution in [-0.4, -0.2) is 42.7 Å². The number of hydrogen-bond donors (Lipinski definition) is 2. The first-order valence-electron chi connectivity index (χ1n) is 7.38. The molecule has 1 aromatic heterocycles. The molecule has 1 saturated carbocycles. The number of carboxylic acid groups (broad SMARTS) is 1. The molecule has 2 aromatic rings. The van der Waals surface area contributed by atoms with Gasteiger partial charge in [0.05, 0.1) is 6.54 Å². The number of nitrogens with zero attached hydrogens (tertiary/aromatic N) is 4. The summed E-state index contributed by atoms with van der Waals surface area (Å²) in [7, 11) is 0. The van der Waals surface area contributed by atoms with Crippen molar-refractivity contribution in [3.8, 4) is 0 Å². The van der Waals surface area contributed by atoms with Crippen molar-refractivity contribution < 1.29 is 14.7 Å². The summed E-state index contributed by atoms with van der Waals surface area (Å²) in [5.74, 6) is -0.625. The Labute approximate surface area is 132 Å². The molecule has 0 saturated heterocycles. The van der Waals surface area contributed by atoms with Gasteiger partial charge in [-0.15, -0.1) is 5.10 Å². The largest absolute Gasteiger partial charge is 0.480 e. The van der Waals surface area contributed by atoms with Crippen molar-refractivity contribution in [1.29, 1.82) is 0 Å². The summed E-state index contributed by atoms with van der Waals surface area (Å²) in [6.07, 6.45) is 1.77. The number of hydrogen-bond acceptors (Lipinski definition) is 5. The molecule has 8 heteroatoms. The van der Waals surface area contributed by atoms with Crippen LogP contribution in [0.2, 0.25) is 0 Å². The van der Waals surface area contributed by atoms with E-state index in [1.807, 2.05) is 19.1 Å². The topological polar surface area (TPSA) is 110 Å². The number of aliphatic carboxylic acids is 1. The third kappa shape index (κ3) is 2.92. The lowest BCUT2D eigenvalue weighted by atomic mass is 9.76. The Morgan fingerprint density at radius 2 is 2.00 bits per heavy atom. The minimum absolute atomic E-state index is 0.364. The van der Waals surface area contributed by atoms with Crippen LogP contribution in [0.15, 0.2) is 24.3 Å². The maximum atomic E-state index is 12.2. The van der Waals surface area contributed by atoms with Crippen molar-refractivity contribution >= 4 is 11.9 Å². The van der Waals surface area contributed by atoms with Gasteiger partial charge in [0.2, 0.25) is 0 Å². The molecule has 0 atom stereocenters. The first-order chi connectivity index (χ1) is 11.0. The van der Waals surface area contributed by atoms with Crippen molar-refractivity contribution in [2.45, 2.75) is 38.3 Å². The molecule has 0 bridgehead atoms. The summed E-state index contributed by atoms with van der Waals surface area (Å²) < 4.78 is 1.66. The standard InChI is InChI=1S/C15H17N5O3/c1-10-17-18-19-20(10)9-11-3-5-12(6-4-11)13(21)16-15(14(22)23)7-2-8-15/h3-6H,2,7-9H2,1H3,(H,16,21)(H,22,23). The van der Waals surface area contributed by atoms with Gasteiger partial charge in [-0.1, -0.05) is 12.1 Å². The lowest BCUT2D eigenvalue weighted by Crippen LogP contribution is -2.59. The Morgan fingerprint density at radius 3 is 2.48 bits per heavy atom. The molecule has 8 nitrogen and oxygen atoms in total. The average molecular weight is 315 g/mol. The van der Waals surface area contributed by atoms with Gasteiger partial charge in [-0.05, 0) is 54.3 Å². The number of carbonyl (C=O) groups is 2. The predicted octanol–water partition coefficient (Wildman–Crippen LogP) is 0.767. The van der Waals surface area contributed by atoms with E-state index in [0.29, 0.717) is 30.8 Å². The number of tetrazole rings is 1. The Bertz CT molecular complexity index is 734. The zero-order valence-electron chi connectivity index (χ0n) is 12.7. The number of aromatic nitrogens is 4. The highest BCUT2D eigenvalue weighted by atomic mass is 16.4. The van der Waals surface area contributed by atoms with Crippen LogP contribution in [0, 0.1) is 6.92 Å². The third-order valence-corrected chi connectivity index (χ3v) is 4.23. The number of benzene rings is 1. The molecule has 0 unspecified atom stereocenters. The first kappa shape index (κ1) is 15.1. The van der Waals surface area contributed by atoms with Gasteiger partial charge in [0.1, 0.15) is 11.4 Å². The maximum Gasteiger partial charge on any atom is 0.329 e. The molecule has 3 rings (SSSR count). The highest BCUT2D eigenvalue weighted by molar-refractivity contribution is 5.98. The second kappa shape index (κ2) is 5.79. The van der Waals surface area contributed by atoms with Gasteiger partial charge in [0.25, 0.3) is 5.91 Å². The van der Waals surface area contributed by atoms with E-state index >= 15 is 0 Å². The molecular weight excluding hydrogens is 298 g/mol. The molecule has 1 aromatic carbocycles. The van der Waals surface area contributed by atoms with E-state index in [1.165, 1.54) is 0 Å². The molecule has 0 spiro atoms. The minimum Gasteiger partial charge on any atom is -0.480 e. The van der Waals surface area contributed by atoms with E-state index in [2.05, 4.69) is 20.8 Å². The second-order valence-corrected chi connectivity index (χ2v) is 5.78. The van der Waals surface area contributed by atoms with Gasteiger partial charge in [-0.3, -0.25) is 4.79 Å². The highest BCUT2D eigenvalue weighted by Crippen LogP contribution is 2.32. The third-order valence-electron chi connectivity index (χ3n) is 4.23. The lowest BCUT2D eigenvalue weighted by Gasteiger charge is -2.38. The monoisotopic (exact) mass is 315 g/mol. The zero-order valence-corrected chi connectivity index (χ0v) is 12.7. The fraction of sp³-hybridized carbons (Fsp3) is 0.400. The fourth-order valence-corrected chi connectivity index (χ4v) is 2.54. The van der Waals surface area contributed by atoms with Crippen LogP contribution in [0.1, 0.15) is 41.0 Å². The van der Waals surface area contributed by atoms with E-state index in [1.54, 1.807) is 16.8 Å². The Morgan fingerprint density at radius 1 is 1.30 bits per heavy atom. The zero-order chi connectivity index (χ0) is 16.4. The van der Waals surface area contributed by atoms with Crippen LogP contribution in [-0.2, 0) is 11.3 Å². The summed E-state index contributed by atoms with van der Waals surface area (Å²) in [5.41, 5.74) is 0.294. The number of amides is 1. The maximum absolute atomic E-state index is 12.2. The lowest BCUT2D eigenvalue weighted by molar-refractivity contribution is -0.148. The molecule has 23 heavy (non-hydrogen) atoms. The van der Waals surface area contributed by atoms with Gasteiger partial charge < -0.3 is 10.4 Å². The van der Waals surface area contributed by atoms with E-state index in [4.69, 9.17) is 0 Å². The highest BCUT2D eigenvalue weighted by Gasteiger charge is 2.45. The smallest absolute Gasteiger partial charge is 0.329 e. The van der Waals surface area contributed by atoms with Gasteiger partial charge in [0, 0.05) is 5.56 Å². The van der Waals surface area contributed by atoms with Crippen LogP contribution >= 0.6 is 0 Å². The SMILES string of the molecule is Cc1nnnn1Cc1ccc(C(=O)NC2(C(=O)O)CCC2)cc1. The van der Waals surface area contributed by atoms with Crippen LogP contribution in [0.5, 0.6) is 0 Å². The fourth-order valence-electron chi connectivity index (χ4n) is 2.54. The van der Waals surface area contributed by atoms with Crippen molar-refractivity contribution in [2.75, 3.05) is 0 Å². The average Bonchev–Trinajstić information content (AvgIpc) is 2.88. The quantitative estimate of drug-likeness (QED) is 0.843. The Balaban J connectivity index is 1.68. The van der Waals surface area contributed by atoms with Crippen molar-refractivity contribution in [3.63, 3.8) is 0 Å². The molecule has 0 radical (unpaired) electrons. The normalized spacial score (nSPS) is 15.7. The van der Waals surface area contributed by atoms with Gasteiger partial charge in [0.15, 0.2) is 0 Å². The summed E-state index contributed by atoms with van der Waals surface area (Å²) in [6, 6.07) is 6.98. The molecule has 120 valence electrons. The van der Waals surface area contributed by atoms with Crippen molar-refractivity contribution in [2.24, 2.45) is 0 Å². The minimum atomic E-state index is -1.10. The summed E-state index contributed by atoms with van der Waals surface area (Å²) >= 11 is 0. The van der Waals surface area contributed by atoms with E-state index < -0.39 is 11.5 Å². The van der Waals surface area contributed by atoms with Crippen LogP contribution in [0.3, 0.4) is 0 Å². The van der Waals surface area contributed by atoms with E-state index in [9.17, 15) is 14.7 Å². The van der Waals surface area contributed by atoms with Crippen LogP contribution < -0.4 is 5.32 Å². The van der Waals surface area contributed by atoms with Crippen molar-refractivity contribution in [3.05, 3.63) is 41.2 Å². The number of aryl methyl sites for hydroxylation is 1. The van der Waals surface area contributed by atoms with Crippen LogP contribution in [0.25, 0.3) is 0 Å². The number of nitrogens with one attached hydrogen (secondary N) is 1. The van der Waals surface area contributed by atoms with Gasteiger partial charge in [-0.2, -0.15) is 0 Å². The van der Waals surface area contributed by atoms with E-state index in [-0.39, 0.29) is 5.91 Å². The predicted molar refractivity (Wildman–Crippen MR) is 79.8 cm³/mol. The summed E-state index contributed by atoms with van der Waals surface area (Å²) in [4.78, 5) is 23.5. The molecule has 1 fully saturated rings. The van der Waals surface area contributed by atoms with E-state index in [0.717, 1.165) is 12.0 Å². The number of rotatable bonds is 5. The molecule has 0 aliphatic heterocycles. The number of carbonyl (C=O) groups excluding carboxylic acids is 1. The second-order valence-electron chi connectivity index (χ2n) is 5.78. The van der Waals surface area contributed by atoms with Gasteiger partial charge in [-0.25, -0.2) is 9.48 Å². The first-order valence-corrected chi connectivity index (χ1v) is 7.38. The molecular formula is C15H17N5O3. The summed E-state index contributed by atoms with van der Waals surface area (Å²) in [5, 5.41) is 23.2. The molecule has 2 N–H and O–H groups in total. The van der Waals surface area contributed by atoms with Gasteiger partial charge >= 0.3 is 5.97 Å². The Hall–Kier alpha value is -2.77. The summed E-state index contributed by atoms with van der Waals surface area (Å²) in [6.45, 7) is 2.32. The molecule has 1 heterocycles. The molecule has 1 amide bonds. The Kier molecular flexibility index (Phi) is 3.81. The molecule has 1 aliphatic rings. The van der Waals surface area contributed by atoms with Crippen molar-refractivity contribution in [1.82, 2.24) is 25.5 Å². The molecule has 1 aliphatic carbocycles. The van der Waals surface area contributed by atoms with Crippen LogP contribution in [0.4, 0.5) is 0 Å². The number of carboxylic acids is 1.